The van der Waals surface area contributed by atoms with Crippen molar-refractivity contribution >= 4 is 35.4 Å². The number of hydrogen-bond acceptors (Lipinski definition) is 7. The van der Waals surface area contributed by atoms with E-state index in [1.807, 2.05) is 25.1 Å². The third-order valence-corrected chi connectivity index (χ3v) is 7.82. The standard InChI is InChI=1S/C20H18ClF3N2O2.C12H15NO4/c1-11-2-4-13(15(21)8-11)17(25)18(27)26-10-19(6-7-19)14-5-3-12(9-16(14)26)28-20(22,23)24;1-12(2,11(14)15)17-13-8-9-5-4-6-10(7-9)16-3/h2-5,8-9,17H,6-7,10,25H2,1H3;4-8H,1-3H3,(H,14,15)/b;13-8+. The molecule has 0 aromatic heterocycles. The van der Waals surface area contributed by atoms with Crippen molar-refractivity contribution in [3.8, 4) is 11.5 Å². The third-order valence-electron chi connectivity index (χ3n) is 7.49. The minimum absolute atomic E-state index is 0.196. The summed E-state index contributed by atoms with van der Waals surface area (Å²) >= 11 is 6.25. The van der Waals surface area contributed by atoms with Gasteiger partial charge in [0.25, 0.3) is 0 Å². The molecule has 45 heavy (non-hydrogen) atoms. The Bertz CT molecular complexity index is 1610. The molecule has 5 rings (SSSR count). The molecule has 240 valence electrons. The number of carboxylic acids is 1. The van der Waals surface area contributed by atoms with E-state index in [9.17, 15) is 22.8 Å². The highest BCUT2D eigenvalue weighted by molar-refractivity contribution is 6.31. The van der Waals surface area contributed by atoms with Gasteiger partial charge in [0.2, 0.25) is 11.5 Å². The number of nitrogens with zero attached hydrogens (tertiary/aromatic N) is 2. The van der Waals surface area contributed by atoms with Crippen LogP contribution in [0, 0.1) is 6.92 Å². The molecule has 0 saturated heterocycles. The van der Waals surface area contributed by atoms with Crippen LogP contribution in [0.2, 0.25) is 5.02 Å². The number of aliphatic carboxylic acids is 1. The van der Waals surface area contributed by atoms with E-state index in [1.54, 1.807) is 37.4 Å². The number of hydrogen-bond donors (Lipinski definition) is 2. The number of amides is 1. The van der Waals surface area contributed by atoms with E-state index in [1.165, 1.54) is 37.1 Å². The monoisotopic (exact) mass is 647 g/mol. The summed E-state index contributed by atoms with van der Waals surface area (Å²) in [5.41, 5.74) is 8.12. The molecule has 2 aliphatic rings. The molecule has 1 aliphatic heterocycles. The number of anilines is 1. The Balaban J connectivity index is 0.000000233. The van der Waals surface area contributed by atoms with Crippen LogP contribution in [0.15, 0.2) is 65.8 Å². The normalized spacial score (nSPS) is 15.6. The fraction of sp³-hybridized carbons (Fsp3) is 0.344. The Labute approximate surface area is 263 Å². The summed E-state index contributed by atoms with van der Waals surface area (Å²) in [5.74, 6) is -1.13. The van der Waals surface area contributed by atoms with Crippen LogP contribution in [-0.2, 0) is 19.8 Å². The van der Waals surface area contributed by atoms with Crippen LogP contribution in [0.1, 0.15) is 55.0 Å². The van der Waals surface area contributed by atoms with Gasteiger partial charge in [-0.3, -0.25) is 4.79 Å². The number of carbonyl (C=O) groups is 2. The zero-order chi connectivity index (χ0) is 33.2. The lowest BCUT2D eigenvalue weighted by atomic mass is 9.99. The Morgan fingerprint density at radius 2 is 1.80 bits per heavy atom. The van der Waals surface area contributed by atoms with Crippen LogP contribution < -0.4 is 20.1 Å². The van der Waals surface area contributed by atoms with E-state index < -0.39 is 29.9 Å². The van der Waals surface area contributed by atoms with Crippen molar-refractivity contribution in [3.63, 3.8) is 0 Å². The predicted octanol–water partition coefficient (Wildman–Crippen LogP) is 6.53. The summed E-state index contributed by atoms with van der Waals surface area (Å²) in [5, 5.41) is 12.8. The number of alkyl halides is 3. The highest BCUT2D eigenvalue weighted by Gasteiger charge is 2.53. The average molecular weight is 648 g/mol. The van der Waals surface area contributed by atoms with Gasteiger partial charge in [-0.25, -0.2) is 4.79 Å². The van der Waals surface area contributed by atoms with Gasteiger partial charge in [-0.2, -0.15) is 0 Å². The van der Waals surface area contributed by atoms with Gasteiger partial charge in [0.15, 0.2) is 0 Å². The molecule has 1 saturated carbocycles. The zero-order valence-corrected chi connectivity index (χ0v) is 25.8. The lowest BCUT2D eigenvalue weighted by Gasteiger charge is -2.23. The lowest BCUT2D eigenvalue weighted by molar-refractivity contribution is -0.274. The number of ether oxygens (including phenoxy) is 2. The molecule has 0 bridgehead atoms. The third kappa shape index (κ3) is 8.06. The topological polar surface area (TPSA) is 124 Å². The second-order valence-electron chi connectivity index (χ2n) is 11.4. The molecule has 13 heteroatoms. The van der Waals surface area contributed by atoms with Crippen LogP contribution >= 0.6 is 11.6 Å². The maximum atomic E-state index is 13.1. The highest BCUT2D eigenvalue weighted by atomic mass is 35.5. The first-order valence-electron chi connectivity index (χ1n) is 13.9. The fourth-order valence-electron chi connectivity index (χ4n) is 4.79. The van der Waals surface area contributed by atoms with E-state index in [4.69, 9.17) is 32.0 Å². The Morgan fingerprint density at radius 3 is 2.40 bits per heavy atom. The molecule has 1 amide bonds. The summed E-state index contributed by atoms with van der Waals surface area (Å²) in [6, 6.07) is 15.6. The number of oxime groups is 1. The quantitative estimate of drug-likeness (QED) is 0.210. The van der Waals surface area contributed by atoms with Gasteiger partial charge < -0.3 is 30.1 Å². The molecule has 1 atom stereocenters. The predicted molar refractivity (Wildman–Crippen MR) is 163 cm³/mol. The van der Waals surface area contributed by atoms with Gasteiger partial charge in [0.05, 0.1) is 19.0 Å². The first-order chi connectivity index (χ1) is 21.0. The lowest BCUT2D eigenvalue weighted by Crippen LogP contribution is -2.39. The van der Waals surface area contributed by atoms with Gasteiger partial charge in [-0.15, -0.1) is 13.2 Å². The van der Waals surface area contributed by atoms with Crippen LogP contribution in [-0.4, -0.2) is 48.8 Å². The van der Waals surface area contributed by atoms with Crippen LogP contribution in [0.25, 0.3) is 0 Å². The minimum atomic E-state index is -4.80. The fourth-order valence-corrected chi connectivity index (χ4v) is 5.15. The Kier molecular flexibility index (Phi) is 9.69. The number of methoxy groups -OCH3 is 1. The molecule has 3 aromatic rings. The van der Waals surface area contributed by atoms with Crippen molar-refractivity contribution in [2.45, 2.75) is 57.0 Å². The van der Waals surface area contributed by atoms with Gasteiger partial charge in [-0.1, -0.05) is 47.1 Å². The molecular weight excluding hydrogens is 615 g/mol. The van der Waals surface area contributed by atoms with E-state index in [2.05, 4.69) is 9.89 Å². The second kappa shape index (κ2) is 13.0. The van der Waals surface area contributed by atoms with Gasteiger partial charge >= 0.3 is 12.3 Å². The summed E-state index contributed by atoms with van der Waals surface area (Å²) < 4.78 is 46.9. The Morgan fingerprint density at radius 1 is 1.09 bits per heavy atom. The molecule has 1 spiro atoms. The first kappa shape index (κ1) is 33.6. The van der Waals surface area contributed by atoms with Crippen molar-refractivity contribution in [2.75, 3.05) is 18.6 Å². The summed E-state index contributed by atoms with van der Waals surface area (Å²) in [7, 11) is 1.57. The molecule has 1 heterocycles. The van der Waals surface area contributed by atoms with Crippen LogP contribution in [0.3, 0.4) is 0 Å². The van der Waals surface area contributed by atoms with Gasteiger partial charge in [0, 0.05) is 23.0 Å². The van der Waals surface area contributed by atoms with E-state index in [-0.39, 0.29) is 11.2 Å². The number of halogens is 4. The average Bonchev–Trinajstić information content (AvgIpc) is 3.68. The highest BCUT2D eigenvalue weighted by Crippen LogP contribution is 2.57. The molecule has 1 fully saturated rings. The van der Waals surface area contributed by atoms with E-state index in [0.29, 0.717) is 28.6 Å². The van der Waals surface area contributed by atoms with Gasteiger partial charge in [-0.05, 0) is 80.1 Å². The molecule has 1 unspecified atom stereocenters. The number of carbonyl (C=O) groups excluding carboxylic acids is 1. The number of benzene rings is 3. The van der Waals surface area contributed by atoms with Gasteiger partial charge in [0.1, 0.15) is 17.5 Å². The Hall–Kier alpha value is -4.29. The smallest absolute Gasteiger partial charge is 0.497 e. The van der Waals surface area contributed by atoms with Crippen molar-refractivity contribution < 1.29 is 42.2 Å². The van der Waals surface area contributed by atoms with Crippen LogP contribution in [0.4, 0.5) is 18.9 Å². The number of carboxylic acid groups (broad SMARTS) is 1. The van der Waals surface area contributed by atoms with Crippen molar-refractivity contribution in [1.29, 1.82) is 0 Å². The number of fused-ring (bicyclic) bond motifs is 2. The number of rotatable bonds is 8. The molecule has 3 aromatic carbocycles. The molecular formula is C32H33ClF3N3O6. The molecule has 9 nitrogen and oxygen atoms in total. The molecule has 0 radical (unpaired) electrons. The van der Waals surface area contributed by atoms with E-state index >= 15 is 0 Å². The van der Waals surface area contributed by atoms with Crippen LogP contribution in [0.5, 0.6) is 11.5 Å². The SMILES string of the molecule is COc1cccc(/C=N/OC(C)(C)C(=O)O)c1.Cc1ccc(C(N)C(=O)N2CC3(CC3)c3ccc(OC(F)(F)F)cc32)c(Cl)c1. The molecule has 3 N–H and O–H groups in total. The first-order valence-corrected chi connectivity index (χ1v) is 14.3. The maximum Gasteiger partial charge on any atom is 0.573 e. The molecule has 1 aliphatic carbocycles. The zero-order valence-electron chi connectivity index (χ0n) is 25.0. The second-order valence-corrected chi connectivity index (χ2v) is 11.8. The minimum Gasteiger partial charge on any atom is -0.497 e. The largest absolute Gasteiger partial charge is 0.573 e. The van der Waals surface area contributed by atoms with Crippen molar-refractivity contribution in [3.05, 3.63) is 87.9 Å². The number of aryl methyl sites for hydroxylation is 1. The van der Waals surface area contributed by atoms with E-state index in [0.717, 1.165) is 29.5 Å². The summed E-state index contributed by atoms with van der Waals surface area (Å²) in [4.78, 5) is 30.2. The summed E-state index contributed by atoms with van der Waals surface area (Å²) in [6.07, 6.45) is -1.61. The van der Waals surface area contributed by atoms with Crippen molar-refractivity contribution in [1.82, 2.24) is 0 Å². The number of nitrogens with two attached hydrogens (primary N) is 1. The van der Waals surface area contributed by atoms with Crippen molar-refractivity contribution in [2.24, 2.45) is 10.9 Å². The summed E-state index contributed by atoms with van der Waals surface area (Å²) in [6.45, 7) is 5.13. The maximum absolute atomic E-state index is 13.1.